The Hall–Kier alpha value is -1.39. The maximum absolute atomic E-state index is 6.10. The highest BCUT2D eigenvalue weighted by atomic mass is 79.9. The Morgan fingerprint density at radius 1 is 1.24 bits per heavy atom. The van der Waals surface area contributed by atoms with Crippen LogP contribution in [0.5, 0.6) is 0 Å². The van der Waals surface area contributed by atoms with E-state index < -0.39 is 0 Å². The molecule has 3 nitrogen and oxygen atoms in total. The minimum Gasteiger partial charge on any atom is -0.382 e. The van der Waals surface area contributed by atoms with Crippen LogP contribution in [0.25, 0.3) is 0 Å². The second-order valence-corrected chi connectivity index (χ2v) is 4.61. The molecule has 0 amide bonds. The van der Waals surface area contributed by atoms with Crippen LogP contribution in [0.2, 0.25) is 0 Å². The molecule has 0 aliphatic carbocycles. The minimum atomic E-state index is -0.0173. The van der Waals surface area contributed by atoms with Crippen LogP contribution >= 0.6 is 15.9 Å². The third kappa shape index (κ3) is 3.28. The minimum absolute atomic E-state index is 0.0173. The molecule has 0 aliphatic rings. The van der Waals surface area contributed by atoms with Crippen molar-refractivity contribution in [3.8, 4) is 0 Å². The number of benzene rings is 1. The first-order valence-electron chi connectivity index (χ1n) is 5.41. The van der Waals surface area contributed by atoms with Crippen molar-refractivity contribution < 1.29 is 0 Å². The van der Waals surface area contributed by atoms with Gasteiger partial charge in [0.15, 0.2) is 0 Å². The Kier molecular flexibility index (Phi) is 4.12. The van der Waals surface area contributed by atoms with Crippen molar-refractivity contribution in [1.82, 2.24) is 4.98 Å². The molecule has 0 saturated carbocycles. The van der Waals surface area contributed by atoms with E-state index in [1.807, 2.05) is 36.4 Å². The highest BCUT2D eigenvalue weighted by Gasteiger charge is 2.05. The van der Waals surface area contributed by atoms with Gasteiger partial charge in [-0.3, -0.25) is 4.98 Å². The van der Waals surface area contributed by atoms with Gasteiger partial charge in [0.1, 0.15) is 0 Å². The Bertz CT molecular complexity index is 473. The third-order valence-electron chi connectivity index (χ3n) is 2.51. The molecule has 2 rings (SSSR count). The smallest absolute Gasteiger partial charge is 0.0590 e. The number of nitrogens with zero attached hydrogens (tertiary/aromatic N) is 1. The van der Waals surface area contributed by atoms with E-state index in [4.69, 9.17) is 5.73 Å². The summed E-state index contributed by atoms with van der Waals surface area (Å²) >= 11 is 3.44. The largest absolute Gasteiger partial charge is 0.382 e. The van der Waals surface area contributed by atoms with Crippen LogP contribution in [0, 0.1) is 0 Å². The van der Waals surface area contributed by atoms with Gasteiger partial charge in [-0.2, -0.15) is 0 Å². The molecule has 0 radical (unpaired) electrons. The molecule has 4 heteroatoms. The van der Waals surface area contributed by atoms with Crippen molar-refractivity contribution in [2.45, 2.75) is 6.04 Å². The zero-order valence-electron chi connectivity index (χ0n) is 9.31. The first-order chi connectivity index (χ1) is 8.27. The van der Waals surface area contributed by atoms with E-state index in [9.17, 15) is 0 Å². The second kappa shape index (κ2) is 5.80. The molecule has 2 aromatic rings. The Morgan fingerprint density at radius 3 is 2.71 bits per heavy atom. The van der Waals surface area contributed by atoms with E-state index in [0.717, 1.165) is 15.7 Å². The number of halogens is 1. The Labute approximate surface area is 109 Å². The van der Waals surface area contributed by atoms with E-state index in [0.29, 0.717) is 6.54 Å². The van der Waals surface area contributed by atoms with Crippen LogP contribution in [0.1, 0.15) is 11.6 Å². The summed E-state index contributed by atoms with van der Waals surface area (Å²) < 4.78 is 0.945. The van der Waals surface area contributed by atoms with Crippen LogP contribution in [-0.4, -0.2) is 11.5 Å². The Balaban J connectivity index is 1.97. The predicted molar refractivity (Wildman–Crippen MR) is 73.8 cm³/mol. The summed E-state index contributed by atoms with van der Waals surface area (Å²) in [5.41, 5.74) is 8.24. The molecule has 1 aromatic heterocycles. The van der Waals surface area contributed by atoms with Crippen LogP contribution in [-0.2, 0) is 0 Å². The van der Waals surface area contributed by atoms with E-state index in [1.165, 1.54) is 0 Å². The van der Waals surface area contributed by atoms with Gasteiger partial charge in [-0.15, -0.1) is 0 Å². The number of nitrogens with two attached hydrogens (primary N) is 1. The van der Waals surface area contributed by atoms with E-state index in [-0.39, 0.29) is 6.04 Å². The predicted octanol–water partition coefficient (Wildman–Crippen LogP) is 2.96. The van der Waals surface area contributed by atoms with Gasteiger partial charge in [0.2, 0.25) is 0 Å². The molecule has 0 aliphatic heterocycles. The fourth-order valence-electron chi connectivity index (χ4n) is 1.56. The second-order valence-electron chi connectivity index (χ2n) is 3.75. The van der Waals surface area contributed by atoms with Crippen LogP contribution < -0.4 is 11.1 Å². The summed E-state index contributed by atoms with van der Waals surface area (Å²) in [4.78, 5) is 4.01. The van der Waals surface area contributed by atoms with Gasteiger partial charge >= 0.3 is 0 Å². The summed E-state index contributed by atoms with van der Waals surface area (Å²) in [6, 6.07) is 12.0. The highest BCUT2D eigenvalue weighted by molar-refractivity contribution is 9.10. The van der Waals surface area contributed by atoms with Gasteiger partial charge in [0.05, 0.1) is 10.2 Å². The van der Waals surface area contributed by atoms with E-state index >= 15 is 0 Å². The number of anilines is 1. The first kappa shape index (κ1) is 12.1. The number of hydrogen-bond donors (Lipinski definition) is 2. The fourth-order valence-corrected chi connectivity index (χ4v) is 1.95. The van der Waals surface area contributed by atoms with Crippen molar-refractivity contribution in [1.29, 1.82) is 0 Å². The summed E-state index contributed by atoms with van der Waals surface area (Å²) in [5, 5.41) is 3.30. The zero-order chi connectivity index (χ0) is 12.1. The van der Waals surface area contributed by atoms with E-state index in [2.05, 4.69) is 26.2 Å². The molecule has 0 fully saturated rings. The normalized spacial score (nSPS) is 12.1. The summed E-state index contributed by atoms with van der Waals surface area (Å²) in [6.07, 6.45) is 3.51. The number of pyridine rings is 1. The lowest BCUT2D eigenvalue weighted by atomic mass is 10.1. The highest BCUT2D eigenvalue weighted by Crippen LogP contribution is 2.20. The van der Waals surface area contributed by atoms with Gasteiger partial charge in [0.25, 0.3) is 0 Å². The van der Waals surface area contributed by atoms with Crippen molar-refractivity contribution in [2.75, 3.05) is 11.9 Å². The SMILES string of the molecule is NC(CNc1ccncc1Br)c1ccccc1. The molecule has 3 N–H and O–H groups in total. The lowest BCUT2D eigenvalue weighted by molar-refractivity contribution is 0.764. The molecular weight excluding hydrogens is 278 g/mol. The number of hydrogen-bond acceptors (Lipinski definition) is 3. The third-order valence-corrected chi connectivity index (χ3v) is 3.14. The standard InChI is InChI=1S/C13H14BrN3/c14-11-8-16-7-6-13(11)17-9-12(15)10-4-2-1-3-5-10/h1-8,12H,9,15H2,(H,16,17). The maximum atomic E-state index is 6.10. The molecule has 0 spiro atoms. The fraction of sp³-hybridized carbons (Fsp3) is 0.154. The van der Waals surface area contributed by atoms with Crippen LogP contribution in [0.4, 0.5) is 5.69 Å². The molecule has 88 valence electrons. The molecule has 0 saturated heterocycles. The lowest BCUT2D eigenvalue weighted by Gasteiger charge is -2.14. The summed E-state index contributed by atoms with van der Waals surface area (Å²) in [6.45, 7) is 0.687. The van der Waals surface area contributed by atoms with Crippen molar-refractivity contribution >= 4 is 21.6 Å². The average Bonchev–Trinajstić information content (AvgIpc) is 2.38. The summed E-state index contributed by atoms with van der Waals surface area (Å²) in [5.74, 6) is 0. The number of rotatable bonds is 4. The molecule has 1 atom stereocenters. The van der Waals surface area contributed by atoms with E-state index in [1.54, 1.807) is 12.4 Å². The molecule has 0 bridgehead atoms. The Morgan fingerprint density at radius 2 is 2.00 bits per heavy atom. The van der Waals surface area contributed by atoms with Crippen LogP contribution in [0.15, 0.2) is 53.3 Å². The van der Waals surface area contributed by atoms with Crippen molar-refractivity contribution in [2.24, 2.45) is 5.73 Å². The quantitative estimate of drug-likeness (QED) is 0.911. The number of aromatic nitrogens is 1. The van der Waals surface area contributed by atoms with Gasteiger partial charge < -0.3 is 11.1 Å². The topological polar surface area (TPSA) is 50.9 Å². The molecule has 1 unspecified atom stereocenters. The van der Waals surface area contributed by atoms with Gasteiger partial charge in [-0.25, -0.2) is 0 Å². The molecule has 1 aromatic carbocycles. The van der Waals surface area contributed by atoms with Crippen molar-refractivity contribution in [3.05, 3.63) is 58.8 Å². The average molecular weight is 292 g/mol. The van der Waals surface area contributed by atoms with Gasteiger partial charge in [-0.05, 0) is 27.6 Å². The maximum Gasteiger partial charge on any atom is 0.0590 e. The van der Waals surface area contributed by atoms with Gasteiger partial charge in [-0.1, -0.05) is 30.3 Å². The first-order valence-corrected chi connectivity index (χ1v) is 6.20. The monoisotopic (exact) mass is 291 g/mol. The van der Waals surface area contributed by atoms with Crippen LogP contribution in [0.3, 0.4) is 0 Å². The molecular formula is C13H14BrN3. The molecule has 1 heterocycles. The zero-order valence-corrected chi connectivity index (χ0v) is 10.9. The summed E-state index contributed by atoms with van der Waals surface area (Å²) in [7, 11) is 0. The van der Waals surface area contributed by atoms with Gasteiger partial charge in [0, 0.05) is 25.0 Å². The number of nitrogens with one attached hydrogen (secondary N) is 1. The lowest BCUT2D eigenvalue weighted by Crippen LogP contribution is -2.20. The molecule has 17 heavy (non-hydrogen) atoms. The van der Waals surface area contributed by atoms with Crippen molar-refractivity contribution in [3.63, 3.8) is 0 Å².